The topological polar surface area (TPSA) is 34.6 Å². The van der Waals surface area contributed by atoms with Gasteiger partial charge in [0.1, 0.15) is 0 Å². The van der Waals surface area contributed by atoms with Gasteiger partial charge in [-0.2, -0.15) is 18.2 Å². The molecule has 0 N–H and O–H groups in total. The fourth-order valence-electron chi connectivity index (χ4n) is 2.52. The van der Waals surface area contributed by atoms with E-state index in [9.17, 15) is 13.2 Å². The fraction of sp³-hybridized carbons (Fsp3) is 0.312. The van der Waals surface area contributed by atoms with Crippen molar-refractivity contribution in [1.82, 2.24) is 4.98 Å². The molecule has 0 radical (unpaired) electrons. The molecule has 0 aliphatic carbocycles. The Labute approximate surface area is 131 Å². The van der Waals surface area contributed by atoms with Crippen LogP contribution in [0.25, 0.3) is 0 Å². The van der Waals surface area contributed by atoms with Crippen LogP contribution in [0.3, 0.4) is 0 Å². The zero-order valence-electron chi connectivity index (χ0n) is 12.5. The first-order chi connectivity index (χ1) is 11.1. The molecule has 2 heterocycles. The van der Waals surface area contributed by atoms with Gasteiger partial charge < -0.3 is 14.4 Å². The molecule has 0 atom stereocenters. The number of aromatic nitrogens is 1. The number of pyridine rings is 1. The van der Waals surface area contributed by atoms with Gasteiger partial charge in [0.05, 0.1) is 7.11 Å². The minimum Gasteiger partial charge on any atom is -0.493 e. The second kappa shape index (κ2) is 6.36. The molecule has 122 valence electrons. The van der Waals surface area contributed by atoms with Gasteiger partial charge >= 0.3 is 0 Å². The molecular weight excluding hydrogens is 309 g/mol. The standard InChI is InChI=1S/C16H15F3N2O2/c1-22-10-6-2-3-7-11(10)23-14-12(17)15(19)20-16(13(14)18)21-8-4-5-9-21/h2-3,6-7H,4-5,8-9H2,1H3. The van der Waals surface area contributed by atoms with Gasteiger partial charge in [0.2, 0.25) is 17.4 Å². The van der Waals surface area contributed by atoms with E-state index in [0.29, 0.717) is 13.1 Å². The number of rotatable bonds is 4. The smallest absolute Gasteiger partial charge is 0.255 e. The van der Waals surface area contributed by atoms with Gasteiger partial charge in [-0.1, -0.05) is 12.1 Å². The number of anilines is 1. The van der Waals surface area contributed by atoms with E-state index < -0.39 is 23.3 Å². The number of nitrogens with zero attached hydrogens (tertiary/aromatic N) is 2. The summed E-state index contributed by atoms with van der Waals surface area (Å²) in [5, 5.41) is 0. The van der Waals surface area contributed by atoms with E-state index >= 15 is 0 Å². The summed E-state index contributed by atoms with van der Waals surface area (Å²) in [6.07, 6.45) is 1.70. The summed E-state index contributed by atoms with van der Waals surface area (Å²) in [6, 6.07) is 6.35. The van der Waals surface area contributed by atoms with Gasteiger partial charge in [0.15, 0.2) is 17.3 Å². The van der Waals surface area contributed by atoms with E-state index in [0.717, 1.165) is 12.8 Å². The average Bonchev–Trinajstić information content (AvgIpc) is 3.09. The van der Waals surface area contributed by atoms with Crippen molar-refractivity contribution in [2.24, 2.45) is 0 Å². The van der Waals surface area contributed by atoms with E-state index in [2.05, 4.69) is 4.98 Å². The normalized spacial score (nSPS) is 14.2. The lowest BCUT2D eigenvalue weighted by molar-refractivity contribution is 0.347. The van der Waals surface area contributed by atoms with Crippen molar-refractivity contribution in [3.8, 4) is 17.2 Å². The van der Waals surface area contributed by atoms with Crippen LogP contribution in [-0.2, 0) is 0 Å². The van der Waals surface area contributed by atoms with Crippen molar-refractivity contribution in [2.75, 3.05) is 25.1 Å². The lowest BCUT2D eigenvalue weighted by atomic mass is 10.3. The third-order valence-corrected chi connectivity index (χ3v) is 3.67. The fourth-order valence-corrected chi connectivity index (χ4v) is 2.52. The van der Waals surface area contributed by atoms with Gasteiger partial charge in [0.25, 0.3) is 5.95 Å². The third-order valence-electron chi connectivity index (χ3n) is 3.67. The van der Waals surface area contributed by atoms with Gasteiger partial charge in [-0.15, -0.1) is 0 Å². The average molecular weight is 324 g/mol. The van der Waals surface area contributed by atoms with E-state index in [1.165, 1.54) is 13.2 Å². The molecule has 3 rings (SSSR count). The van der Waals surface area contributed by atoms with E-state index in [1.807, 2.05) is 0 Å². The van der Waals surface area contributed by atoms with Crippen molar-refractivity contribution in [3.05, 3.63) is 41.8 Å². The summed E-state index contributed by atoms with van der Waals surface area (Å²) in [4.78, 5) is 4.97. The molecule has 23 heavy (non-hydrogen) atoms. The summed E-state index contributed by atoms with van der Waals surface area (Å²) in [7, 11) is 1.40. The molecule has 4 nitrogen and oxygen atoms in total. The first-order valence-electron chi connectivity index (χ1n) is 7.22. The minimum atomic E-state index is -1.46. The molecule has 2 aromatic rings. The molecule has 1 aliphatic rings. The quantitative estimate of drug-likeness (QED) is 0.799. The van der Waals surface area contributed by atoms with E-state index in [-0.39, 0.29) is 17.3 Å². The first-order valence-corrected chi connectivity index (χ1v) is 7.22. The van der Waals surface area contributed by atoms with Gasteiger partial charge in [0, 0.05) is 13.1 Å². The molecule has 0 saturated carbocycles. The Bertz CT molecular complexity index is 719. The summed E-state index contributed by atoms with van der Waals surface area (Å²) < 4.78 is 52.7. The minimum absolute atomic E-state index is 0.0887. The summed E-state index contributed by atoms with van der Waals surface area (Å²) in [5.74, 6) is -4.54. The maximum absolute atomic E-state index is 14.6. The molecule has 1 fully saturated rings. The van der Waals surface area contributed by atoms with Gasteiger partial charge in [-0.05, 0) is 25.0 Å². The van der Waals surface area contributed by atoms with E-state index in [4.69, 9.17) is 9.47 Å². The third kappa shape index (κ3) is 2.91. The Morgan fingerprint density at radius 2 is 1.65 bits per heavy atom. The van der Waals surface area contributed by atoms with Crippen LogP contribution >= 0.6 is 0 Å². The molecule has 1 aromatic heterocycles. The number of hydrogen-bond donors (Lipinski definition) is 0. The molecule has 7 heteroatoms. The Kier molecular flexibility index (Phi) is 4.27. The molecular formula is C16H15F3N2O2. The van der Waals surface area contributed by atoms with Gasteiger partial charge in [-0.25, -0.2) is 0 Å². The van der Waals surface area contributed by atoms with Crippen LogP contribution in [0.5, 0.6) is 17.2 Å². The first kappa shape index (κ1) is 15.5. The van der Waals surface area contributed by atoms with Crippen molar-refractivity contribution in [2.45, 2.75) is 12.8 Å². The van der Waals surface area contributed by atoms with Crippen LogP contribution in [0.1, 0.15) is 12.8 Å². The molecule has 0 amide bonds. The van der Waals surface area contributed by atoms with Crippen LogP contribution in [-0.4, -0.2) is 25.2 Å². The monoisotopic (exact) mass is 324 g/mol. The highest BCUT2D eigenvalue weighted by molar-refractivity contribution is 5.50. The van der Waals surface area contributed by atoms with Crippen LogP contribution in [0.15, 0.2) is 24.3 Å². The number of halogens is 3. The van der Waals surface area contributed by atoms with Gasteiger partial charge in [-0.3, -0.25) is 0 Å². The Hall–Kier alpha value is -2.44. The number of benzene rings is 1. The molecule has 1 saturated heterocycles. The van der Waals surface area contributed by atoms with Crippen molar-refractivity contribution in [3.63, 3.8) is 0 Å². The Morgan fingerprint density at radius 3 is 2.30 bits per heavy atom. The lowest BCUT2D eigenvalue weighted by Crippen LogP contribution is -2.22. The number of hydrogen-bond acceptors (Lipinski definition) is 4. The van der Waals surface area contributed by atoms with E-state index in [1.54, 1.807) is 23.1 Å². The predicted molar refractivity (Wildman–Crippen MR) is 78.6 cm³/mol. The Morgan fingerprint density at radius 1 is 1.00 bits per heavy atom. The number of para-hydroxylation sites is 2. The second-order valence-electron chi connectivity index (χ2n) is 5.13. The maximum atomic E-state index is 14.6. The van der Waals surface area contributed by atoms with Crippen LogP contribution in [0.4, 0.5) is 19.0 Å². The molecule has 0 unspecified atom stereocenters. The molecule has 0 spiro atoms. The largest absolute Gasteiger partial charge is 0.493 e. The zero-order valence-corrected chi connectivity index (χ0v) is 12.5. The van der Waals surface area contributed by atoms with Crippen LogP contribution in [0.2, 0.25) is 0 Å². The molecule has 1 aliphatic heterocycles. The summed E-state index contributed by atoms with van der Waals surface area (Å²) in [6.45, 7) is 1.09. The maximum Gasteiger partial charge on any atom is 0.255 e. The Balaban J connectivity index is 2.04. The van der Waals surface area contributed by atoms with Crippen molar-refractivity contribution in [1.29, 1.82) is 0 Å². The SMILES string of the molecule is COc1ccccc1Oc1c(F)c(F)nc(N2CCCC2)c1F. The second-order valence-corrected chi connectivity index (χ2v) is 5.13. The predicted octanol–water partition coefficient (Wildman–Crippen LogP) is 3.90. The summed E-state index contributed by atoms with van der Waals surface area (Å²) in [5.41, 5.74) is 0. The van der Waals surface area contributed by atoms with Crippen molar-refractivity contribution < 1.29 is 22.6 Å². The number of ether oxygens (including phenoxy) is 2. The highest BCUT2D eigenvalue weighted by atomic mass is 19.2. The highest BCUT2D eigenvalue weighted by Gasteiger charge is 2.27. The molecule has 0 bridgehead atoms. The van der Waals surface area contributed by atoms with Crippen LogP contribution < -0.4 is 14.4 Å². The van der Waals surface area contributed by atoms with Crippen molar-refractivity contribution >= 4 is 5.82 Å². The lowest BCUT2D eigenvalue weighted by Gasteiger charge is -2.19. The highest BCUT2D eigenvalue weighted by Crippen LogP contribution is 2.37. The zero-order chi connectivity index (χ0) is 16.4. The molecule has 1 aromatic carbocycles. The summed E-state index contributed by atoms with van der Waals surface area (Å²) >= 11 is 0. The van der Waals surface area contributed by atoms with Crippen LogP contribution in [0, 0.1) is 17.6 Å². The number of methoxy groups -OCH3 is 1.